The molecule has 208 valence electrons. The van der Waals surface area contributed by atoms with Crippen LogP contribution in [0, 0.1) is 34.5 Å². The van der Waals surface area contributed by atoms with Gasteiger partial charge in [-0.2, -0.15) is 0 Å². The van der Waals surface area contributed by atoms with Gasteiger partial charge in [-0.25, -0.2) is 0 Å². The second-order valence-electron chi connectivity index (χ2n) is 12.2. The Balaban J connectivity index is 1.93. The molecule has 0 aromatic rings. The summed E-state index contributed by atoms with van der Waals surface area (Å²) in [6.07, 6.45) is 31.8. The zero-order valence-corrected chi connectivity index (χ0v) is 26.5. The Kier molecular flexibility index (Phi) is 12.3. The van der Waals surface area contributed by atoms with Crippen LogP contribution in [0.3, 0.4) is 0 Å². The van der Waals surface area contributed by atoms with E-state index in [0.717, 1.165) is 24.0 Å². The summed E-state index contributed by atoms with van der Waals surface area (Å²) in [6, 6.07) is 0. The van der Waals surface area contributed by atoms with E-state index in [-0.39, 0.29) is 10.8 Å². The van der Waals surface area contributed by atoms with Crippen molar-refractivity contribution >= 4 is 0 Å². The lowest BCUT2D eigenvalue weighted by atomic mass is 9.76. The van der Waals surface area contributed by atoms with Gasteiger partial charge in [0, 0.05) is 22.0 Å². The van der Waals surface area contributed by atoms with Gasteiger partial charge in [-0.05, 0) is 76.7 Å². The molecule has 0 heteroatoms. The Hall–Kier alpha value is -3.74. The first kappa shape index (κ1) is 32.5. The fourth-order valence-corrected chi connectivity index (χ4v) is 4.65. The van der Waals surface area contributed by atoms with Gasteiger partial charge in [-0.3, -0.25) is 0 Å². The summed E-state index contributed by atoms with van der Waals surface area (Å²) < 4.78 is 0. The number of rotatable bonds is 6. The van der Waals surface area contributed by atoms with Gasteiger partial charge in [0.15, 0.2) is 0 Å². The fraction of sp³-hybridized carbons (Fsp3) is 0.350. The maximum atomic E-state index is 3.42. The maximum Gasteiger partial charge on any atom is 0.0112 e. The highest BCUT2D eigenvalue weighted by molar-refractivity contribution is 5.49. The van der Waals surface area contributed by atoms with E-state index < -0.39 is 0 Å². The van der Waals surface area contributed by atoms with Crippen molar-refractivity contribution in [2.75, 3.05) is 0 Å². The third kappa shape index (κ3) is 10.8. The van der Waals surface area contributed by atoms with Gasteiger partial charge in [-0.1, -0.05) is 148 Å². The highest BCUT2D eigenvalue weighted by Crippen LogP contribution is 2.37. The highest BCUT2D eigenvalue weighted by atomic mass is 14.3. The monoisotopic (exact) mass is 528 g/mol. The van der Waals surface area contributed by atoms with E-state index in [4.69, 9.17) is 0 Å². The van der Waals surface area contributed by atoms with Crippen molar-refractivity contribution in [2.45, 2.75) is 82.1 Å². The van der Waals surface area contributed by atoms with Gasteiger partial charge in [0.05, 0.1) is 0 Å². The normalized spacial score (nSPS) is 19.9. The molecule has 0 nitrogen and oxygen atoms in total. The molecule has 0 saturated heterocycles. The minimum Gasteiger partial charge on any atom is -0.0834 e. The zero-order chi connectivity index (χ0) is 29.8. The highest BCUT2D eigenvalue weighted by Gasteiger charge is 2.25. The quantitative estimate of drug-likeness (QED) is 0.237. The molecule has 0 N–H and O–H groups in total. The molecule has 0 heterocycles. The molecule has 2 aliphatic rings. The van der Waals surface area contributed by atoms with Crippen LogP contribution < -0.4 is 0 Å². The van der Waals surface area contributed by atoms with Gasteiger partial charge in [-0.15, -0.1) is 0 Å². The lowest BCUT2D eigenvalue weighted by Crippen LogP contribution is -2.16. The minimum absolute atomic E-state index is 0.113. The Labute approximate surface area is 245 Å². The van der Waals surface area contributed by atoms with Crippen molar-refractivity contribution in [3.63, 3.8) is 0 Å². The largest absolute Gasteiger partial charge is 0.0834 e. The van der Waals surface area contributed by atoms with Crippen LogP contribution >= 0.6 is 0 Å². The van der Waals surface area contributed by atoms with Crippen molar-refractivity contribution < 1.29 is 0 Å². The Morgan fingerprint density at radius 1 is 0.600 bits per heavy atom. The second kappa shape index (κ2) is 15.2. The van der Waals surface area contributed by atoms with Crippen molar-refractivity contribution in [3.8, 4) is 23.7 Å². The van der Waals surface area contributed by atoms with Gasteiger partial charge in [0.2, 0.25) is 0 Å². The first-order chi connectivity index (χ1) is 18.8. The smallest absolute Gasteiger partial charge is 0.0112 e. The number of hydrogen-bond acceptors (Lipinski definition) is 0. The van der Waals surface area contributed by atoms with Crippen molar-refractivity contribution in [1.82, 2.24) is 0 Å². The molecule has 0 fully saturated rings. The number of allylic oxidation sites excluding steroid dienone is 22. The molecule has 0 spiro atoms. The molecule has 2 aliphatic carbocycles. The van der Waals surface area contributed by atoms with Crippen LogP contribution in [0.1, 0.15) is 82.1 Å². The molecule has 0 atom stereocenters. The van der Waals surface area contributed by atoms with E-state index in [1.807, 2.05) is 0 Å². The van der Waals surface area contributed by atoms with Crippen molar-refractivity contribution in [1.29, 1.82) is 0 Å². The Morgan fingerprint density at radius 2 is 0.975 bits per heavy atom. The SMILES string of the molecule is CC(C#CC1=C(C)C=CCC1(C)C)=CC=CC(C)=CC=CC=C(C)C=CC=C(C)C#CC1=C(C)C=CCC1(C)C. The molecule has 0 aliphatic heterocycles. The van der Waals surface area contributed by atoms with Crippen LogP contribution in [0.15, 0.2) is 130 Å². The molecule has 0 aromatic carbocycles. The number of hydrogen-bond donors (Lipinski definition) is 0. The minimum atomic E-state index is 0.113. The second-order valence-corrected chi connectivity index (χ2v) is 12.2. The molecule has 40 heavy (non-hydrogen) atoms. The molecule has 0 unspecified atom stereocenters. The zero-order valence-electron chi connectivity index (χ0n) is 26.5. The predicted octanol–water partition coefficient (Wildman–Crippen LogP) is 11.1. The molecule has 0 saturated carbocycles. The van der Waals surface area contributed by atoms with E-state index in [2.05, 4.69) is 178 Å². The van der Waals surface area contributed by atoms with E-state index in [9.17, 15) is 0 Å². The standard InChI is InChI=1S/C40H48/c1-31(19-13-21-33(3)25-27-37-35(5)23-15-29-39(37,7)8)17-11-12-18-32(2)20-14-22-34(4)26-28-38-36(6)24-16-30-40(38,9)10/h11-24H,29-30H2,1-10H3. The van der Waals surface area contributed by atoms with E-state index in [1.54, 1.807) is 0 Å². The Morgan fingerprint density at radius 3 is 1.32 bits per heavy atom. The van der Waals surface area contributed by atoms with Gasteiger partial charge in [0.1, 0.15) is 0 Å². The van der Waals surface area contributed by atoms with E-state index >= 15 is 0 Å². The molecule has 0 radical (unpaired) electrons. The summed E-state index contributed by atoms with van der Waals surface area (Å²) in [5, 5.41) is 0. The first-order valence-corrected chi connectivity index (χ1v) is 14.3. The van der Waals surface area contributed by atoms with Crippen LogP contribution in [-0.4, -0.2) is 0 Å². The van der Waals surface area contributed by atoms with Crippen molar-refractivity contribution in [3.05, 3.63) is 130 Å². The van der Waals surface area contributed by atoms with E-state index in [0.29, 0.717) is 0 Å². The van der Waals surface area contributed by atoms with Gasteiger partial charge < -0.3 is 0 Å². The van der Waals surface area contributed by atoms with E-state index in [1.165, 1.54) is 33.4 Å². The summed E-state index contributed by atoms with van der Waals surface area (Å²) >= 11 is 0. The molecule has 0 aromatic heterocycles. The molecule has 0 amide bonds. The summed E-state index contributed by atoms with van der Waals surface area (Å²) in [4.78, 5) is 0. The average Bonchev–Trinajstić information content (AvgIpc) is 2.85. The molecular formula is C40H48. The topological polar surface area (TPSA) is 0 Å². The van der Waals surface area contributed by atoms with Crippen LogP contribution in [0.4, 0.5) is 0 Å². The van der Waals surface area contributed by atoms with Gasteiger partial charge >= 0.3 is 0 Å². The lowest BCUT2D eigenvalue weighted by Gasteiger charge is -2.27. The summed E-state index contributed by atoms with van der Waals surface area (Å²) in [6.45, 7) is 21.7. The van der Waals surface area contributed by atoms with Crippen LogP contribution in [-0.2, 0) is 0 Å². The summed E-state index contributed by atoms with van der Waals surface area (Å²) in [5.41, 5.74) is 9.77. The Bertz CT molecular complexity index is 1300. The third-order valence-electron chi connectivity index (χ3n) is 7.14. The predicted molar refractivity (Wildman–Crippen MR) is 178 cm³/mol. The lowest BCUT2D eigenvalue weighted by molar-refractivity contribution is 0.459. The third-order valence-corrected chi connectivity index (χ3v) is 7.14. The molecular weight excluding hydrogens is 480 g/mol. The van der Waals surface area contributed by atoms with Crippen LogP contribution in [0.2, 0.25) is 0 Å². The average molecular weight is 529 g/mol. The maximum absolute atomic E-state index is 3.42. The van der Waals surface area contributed by atoms with Crippen molar-refractivity contribution in [2.24, 2.45) is 10.8 Å². The first-order valence-electron chi connectivity index (χ1n) is 14.3. The van der Waals surface area contributed by atoms with Crippen LogP contribution in [0.25, 0.3) is 0 Å². The fourth-order valence-electron chi connectivity index (χ4n) is 4.65. The van der Waals surface area contributed by atoms with Crippen LogP contribution in [0.5, 0.6) is 0 Å². The summed E-state index contributed by atoms with van der Waals surface area (Å²) in [5.74, 6) is 13.5. The molecule has 2 rings (SSSR count). The van der Waals surface area contributed by atoms with Gasteiger partial charge in [0.25, 0.3) is 0 Å². The summed E-state index contributed by atoms with van der Waals surface area (Å²) in [7, 11) is 0. The molecule has 0 bridgehead atoms.